The Bertz CT molecular complexity index is 438. The maximum absolute atomic E-state index is 5.21. The average molecular weight is 292 g/mol. The van der Waals surface area contributed by atoms with Crippen molar-refractivity contribution in [3.05, 3.63) is 11.9 Å². The van der Waals surface area contributed by atoms with Crippen LogP contribution in [0.4, 0.5) is 11.6 Å². The van der Waals surface area contributed by atoms with E-state index in [9.17, 15) is 0 Å². The van der Waals surface area contributed by atoms with Crippen molar-refractivity contribution in [2.24, 2.45) is 0 Å². The molecule has 1 atom stereocenters. The highest BCUT2D eigenvalue weighted by atomic mass is 16.5. The molecular weight excluding hydrogens is 264 g/mol. The van der Waals surface area contributed by atoms with Crippen molar-refractivity contribution < 1.29 is 4.74 Å². The third-order valence-electron chi connectivity index (χ3n) is 3.94. The molecule has 0 spiro atoms. The van der Waals surface area contributed by atoms with E-state index in [-0.39, 0.29) is 0 Å². The summed E-state index contributed by atoms with van der Waals surface area (Å²) in [6, 6.07) is 2.62. The largest absolute Gasteiger partial charge is 0.377 e. The molecule has 1 unspecified atom stereocenters. The van der Waals surface area contributed by atoms with E-state index in [4.69, 9.17) is 9.72 Å². The lowest BCUT2D eigenvalue weighted by Gasteiger charge is -2.28. The van der Waals surface area contributed by atoms with Gasteiger partial charge in [-0.2, -0.15) is 0 Å². The second-order valence-corrected chi connectivity index (χ2v) is 5.78. The van der Waals surface area contributed by atoms with E-state index < -0.39 is 0 Å². The molecule has 5 heteroatoms. The minimum Gasteiger partial charge on any atom is -0.377 e. The Morgan fingerprint density at radius 3 is 2.95 bits per heavy atom. The normalized spacial score (nSPS) is 19.4. The van der Waals surface area contributed by atoms with Crippen molar-refractivity contribution in [1.82, 2.24) is 9.97 Å². The number of nitrogens with one attached hydrogen (secondary N) is 1. The van der Waals surface area contributed by atoms with E-state index in [1.54, 1.807) is 7.11 Å². The summed E-state index contributed by atoms with van der Waals surface area (Å²) in [7, 11) is 1.68. The van der Waals surface area contributed by atoms with Gasteiger partial charge in [0.2, 0.25) is 0 Å². The molecule has 1 N–H and O–H groups in total. The molecule has 0 bridgehead atoms. The summed E-state index contributed by atoms with van der Waals surface area (Å²) < 4.78 is 5.21. The first kappa shape index (κ1) is 16.0. The van der Waals surface area contributed by atoms with Crippen LogP contribution in [0.5, 0.6) is 0 Å². The van der Waals surface area contributed by atoms with Gasteiger partial charge in [0.15, 0.2) is 5.82 Å². The monoisotopic (exact) mass is 292 g/mol. The van der Waals surface area contributed by atoms with E-state index in [0.717, 1.165) is 37.0 Å². The fourth-order valence-corrected chi connectivity index (χ4v) is 2.78. The Morgan fingerprint density at radius 2 is 2.19 bits per heavy atom. The van der Waals surface area contributed by atoms with Crippen molar-refractivity contribution in [3.8, 4) is 0 Å². The fraction of sp³-hybridized carbons (Fsp3) is 0.750. The molecule has 1 aliphatic rings. The molecule has 1 aliphatic heterocycles. The number of ether oxygens (including phenoxy) is 1. The predicted octanol–water partition coefficient (Wildman–Crippen LogP) is 3.21. The highest BCUT2D eigenvalue weighted by molar-refractivity contribution is 5.50. The van der Waals surface area contributed by atoms with Gasteiger partial charge in [0.05, 0.1) is 0 Å². The van der Waals surface area contributed by atoms with Gasteiger partial charge in [-0.05, 0) is 26.2 Å². The number of aromatic nitrogens is 2. The van der Waals surface area contributed by atoms with Gasteiger partial charge in [0, 0.05) is 32.3 Å². The summed E-state index contributed by atoms with van der Waals surface area (Å²) >= 11 is 0. The van der Waals surface area contributed by atoms with E-state index in [1.807, 2.05) is 0 Å². The highest BCUT2D eigenvalue weighted by Crippen LogP contribution is 2.24. The van der Waals surface area contributed by atoms with E-state index >= 15 is 0 Å². The quantitative estimate of drug-likeness (QED) is 0.872. The summed E-state index contributed by atoms with van der Waals surface area (Å²) in [4.78, 5) is 11.6. The molecule has 118 valence electrons. The zero-order chi connectivity index (χ0) is 15.1. The van der Waals surface area contributed by atoms with E-state index in [0.29, 0.717) is 12.6 Å². The van der Waals surface area contributed by atoms with Gasteiger partial charge < -0.3 is 15.0 Å². The Morgan fingerprint density at radius 1 is 1.33 bits per heavy atom. The zero-order valence-electron chi connectivity index (χ0n) is 13.6. The molecule has 1 aromatic heterocycles. The van der Waals surface area contributed by atoms with Crippen molar-refractivity contribution in [2.75, 3.05) is 30.4 Å². The molecule has 0 radical (unpaired) electrons. The molecule has 21 heavy (non-hydrogen) atoms. The van der Waals surface area contributed by atoms with Crippen LogP contribution in [0.2, 0.25) is 0 Å². The molecule has 1 aromatic rings. The van der Waals surface area contributed by atoms with E-state index in [2.05, 4.69) is 35.1 Å². The van der Waals surface area contributed by atoms with Gasteiger partial charge in [-0.3, -0.25) is 0 Å². The van der Waals surface area contributed by atoms with Crippen molar-refractivity contribution >= 4 is 11.6 Å². The molecule has 0 aliphatic carbocycles. The molecule has 1 saturated heterocycles. The van der Waals surface area contributed by atoms with Crippen LogP contribution in [-0.2, 0) is 11.3 Å². The number of anilines is 2. The molecule has 2 heterocycles. The molecule has 1 fully saturated rings. The number of rotatable bonds is 6. The third-order valence-corrected chi connectivity index (χ3v) is 3.94. The van der Waals surface area contributed by atoms with Crippen molar-refractivity contribution in [1.29, 1.82) is 0 Å². The molecule has 2 rings (SSSR count). The van der Waals surface area contributed by atoms with Gasteiger partial charge in [-0.1, -0.05) is 19.8 Å². The maximum atomic E-state index is 5.21. The Labute approximate surface area is 128 Å². The molecule has 0 saturated carbocycles. The highest BCUT2D eigenvalue weighted by Gasteiger charge is 2.19. The Balaban J connectivity index is 2.24. The third kappa shape index (κ3) is 4.56. The SMILES string of the molecule is CCCNc1cc(N2CCCCCC2C)nc(COC)n1. The van der Waals surface area contributed by atoms with Crippen LogP contribution >= 0.6 is 0 Å². The summed E-state index contributed by atoms with van der Waals surface area (Å²) in [5, 5.41) is 3.37. The van der Waals surface area contributed by atoms with Crippen LogP contribution in [0.1, 0.15) is 51.8 Å². The first-order chi connectivity index (χ1) is 10.2. The fourth-order valence-electron chi connectivity index (χ4n) is 2.78. The van der Waals surface area contributed by atoms with Crippen LogP contribution in [0.25, 0.3) is 0 Å². The van der Waals surface area contributed by atoms with Gasteiger partial charge in [0.1, 0.15) is 18.2 Å². The summed E-state index contributed by atoms with van der Waals surface area (Å²) in [6.07, 6.45) is 6.19. The summed E-state index contributed by atoms with van der Waals surface area (Å²) in [6.45, 7) is 6.91. The summed E-state index contributed by atoms with van der Waals surface area (Å²) in [5.41, 5.74) is 0. The number of nitrogens with zero attached hydrogens (tertiary/aromatic N) is 3. The lowest BCUT2D eigenvalue weighted by Crippen LogP contribution is -2.33. The van der Waals surface area contributed by atoms with Gasteiger partial charge in [-0.15, -0.1) is 0 Å². The molecule has 0 aromatic carbocycles. The Hall–Kier alpha value is -1.36. The topological polar surface area (TPSA) is 50.3 Å². The lowest BCUT2D eigenvalue weighted by molar-refractivity contribution is 0.178. The first-order valence-electron chi connectivity index (χ1n) is 8.12. The van der Waals surface area contributed by atoms with Gasteiger partial charge in [-0.25, -0.2) is 9.97 Å². The molecule has 5 nitrogen and oxygen atoms in total. The van der Waals surface area contributed by atoms with E-state index in [1.165, 1.54) is 25.7 Å². The van der Waals surface area contributed by atoms with Crippen LogP contribution in [0, 0.1) is 0 Å². The number of hydrogen-bond acceptors (Lipinski definition) is 5. The minimum absolute atomic E-state index is 0.455. The predicted molar refractivity (Wildman–Crippen MR) is 86.8 cm³/mol. The Kier molecular flexibility index (Phi) is 6.23. The molecular formula is C16H28N4O. The van der Waals surface area contributed by atoms with Crippen LogP contribution in [-0.4, -0.2) is 36.2 Å². The lowest BCUT2D eigenvalue weighted by atomic mass is 10.1. The second kappa shape index (κ2) is 8.17. The average Bonchev–Trinajstić information content (AvgIpc) is 2.70. The molecule has 0 amide bonds. The van der Waals surface area contributed by atoms with Crippen LogP contribution in [0.3, 0.4) is 0 Å². The minimum atomic E-state index is 0.455. The summed E-state index contributed by atoms with van der Waals surface area (Å²) in [5.74, 6) is 2.69. The van der Waals surface area contributed by atoms with Crippen LogP contribution < -0.4 is 10.2 Å². The first-order valence-corrected chi connectivity index (χ1v) is 8.12. The van der Waals surface area contributed by atoms with Gasteiger partial charge >= 0.3 is 0 Å². The zero-order valence-corrected chi connectivity index (χ0v) is 13.6. The van der Waals surface area contributed by atoms with Crippen molar-refractivity contribution in [3.63, 3.8) is 0 Å². The standard InChI is InChI=1S/C16H28N4O/c1-4-9-17-14-11-16(19-15(18-14)12-21-3)20-10-7-5-6-8-13(20)2/h11,13H,4-10,12H2,1-3H3,(H,17,18,19). The van der Waals surface area contributed by atoms with Crippen molar-refractivity contribution in [2.45, 2.75) is 58.6 Å². The number of methoxy groups -OCH3 is 1. The van der Waals surface area contributed by atoms with Crippen LogP contribution in [0.15, 0.2) is 6.07 Å². The second-order valence-electron chi connectivity index (χ2n) is 5.78. The maximum Gasteiger partial charge on any atom is 0.158 e. The smallest absolute Gasteiger partial charge is 0.158 e. The van der Waals surface area contributed by atoms with Gasteiger partial charge in [0.25, 0.3) is 0 Å². The number of hydrogen-bond donors (Lipinski definition) is 1.